The van der Waals surface area contributed by atoms with Gasteiger partial charge in [0.15, 0.2) is 5.82 Å². The van der Waals surface area contributed by atoms with E-state index in [2.05, 4.69) is 10.1 Å². The van der Waals surface area contributed by atoms with E-state index in [0.29, 0.717) is 17.7 Å². The molecular formula is C23H19ClF3N5O2. The lowest BCUT2D eigenvalue weighted by Gasteiger charge is -2.26. The number of rotatable bonds is 6. The molecule has 11 heteroatoms. The second-order valence-corrected chi connectivity index (χ2v) is 8.35. The molecule has 0 radical (unpaired) electrons. The molecule has 1 aliphatic rings. The Bertz CT molecular complexity index is 1300. The number of anilines is 1. The van der Waals surface area contributed by atoms with Crippen LogP contribution < -0.4 is 10.6 Å². The number of nitrogens with two attached hydrogens (primary N) is 1. The van der Waals surface area contributed by atoms with Crippen LogP contribution in [0.4, 0.5) is 18.9 Å². The summed E-state index contributed by atoms with van der Waals surface area (Å²) in [6.07, 6.45) is -3.09. The van der Waals surface area contributed by atoms with E-state index in [4.69, 9.17) is 21.9 Å². The van der Waals surface area contributed by atoms with E-state index in [0.717, 1.165) is 6.42 Å². The summed E-state index contributed by atoms with van der Waals surface area (Å²) in [4.78, 5) is 17.7. The molecule has 34 heavy (non-hydrogen) atoms. The van der Waals surface area contributed by atoms with Crippen LogP contribution in [0.3, 0.4) is 0 Å². The Morgan fingerprint density at radius 1 is 1.35 bits per heavy atom. The minimum absolute atomic E-state index is 0.0605. The van der Waals surface area contributed by atoms with Crippen molar-refractivity contribution in [2.45, 2.75) is 44.9 Å². The summed E-state index contributed by atoms with van der Waals surface area (Å²) in [6, 6.07) is 8.56. The van der Waals surface area contributed by atoms with Crippen LogP contribution in [0.5, 0.6) is 0 Å². The molecule has 1 amide bonds. The maximum Gasteiger partial charge on any atom is 0.418 e. The minimum Gasteiger partial charge on any atom is -0.366 e. The standard InChI is InChI=1S/C23H19ClF3N5O2/c1-2-3-14-9-16-18(7-5-13(10-28)20(16)23(25,26)27)32(14)11-19-30-22(34-31-19)15-8-12(21(29)33)4-6-17(15)24/h4-8,14H,2-3,9,11H2,1H3,(H2,29,33). The number of alkyl halides is 3. The lowest BCUT2D eigenvalue weighted by atomic mass is 9.97. The first-order valence-electron chi connectivity index (χ1n) is 10.5. The van der Waals surface area contributed by atoms with Crippen molar-refractivity contribution in [1.29, 1.82) is 5.26 Å². The molecule has 1 aliphatic heterocycles. The van der Waals surface area contributed by atoms with E-state index < -0.39 is 23.2 Å². The van der Waals surface area contributed by atoms with Crippen LogP contribution in [0.1, 0.15) is 52.6 Å². The van der Waals surface area contributed by atoms with Gasteiger partial charge in [0.1, 0.15) is 0 Å². The topological polar surface area (TPSA) is 109 Å². The number of nitriles is 1. The second-order valence-electron chi connectivity index (χ2n) is 7.94. The van der Waals surface area contributed by atoms with Gasteiger partial charge in [-0.05, 0) is 48.7 Å². The maximum absolute atomic E-state index is 13.8. The zero-order valence-corrected chi connectivity index (χ0v) is 18.7. The Labute approximate surface area is 197 Å². The summed E-state index contributed by atoms with van der Waals surface area (Å²) in [5, 5.41) is 13.5. The molecule has 3 aromatic rings. The van der Waals surface area contributed by atoms with Crippen molar-refractivity contribution in [2.24, 2.45) is 5.73 Å². The highest BCUT2D eigenvalue weighted by molar-refractivity contribution is 6.33. The Hall–Kier alpha value is -3.58. The lowest BCUT2D eigenvalue weighted by Crippen LogP contribution is -2.31. The van der Waals surface area contributed by atoms with Gasteiger partial charge in [-0.25, -0.2) is 0 Å². The molecule has 4 rings (SSSR count). The molecule has 0 aliphatic carbocycles. The average Bonchev–Trinajstić information content (AvgIpc) is 3.38. The highest BCUT2D eigenvalue weighted by Gasteiger charge is 2.42. The Kier molecular flexibility index (Phi) is 6.23. The molecule has 0 saturated heterocycles. The smallest absolute Gasteiger partial charge is 0.366 e. The number of benzene rings is 2. The molecule has 2 heterocycles. The molecular weight excluding hydrogens is 471 g/mol. The van der Waals surface area contributed by atoms with Gasteiger partial charge >= 0.3 is 6.18 Å². The predicted molar refractivity (Wildman–Crippen MR) is 118 cm³/mol. The monoisotopic (exact) mass is 489 g/mol. The number of nitrogens with zero attached hydrogens (tertiary/aromatic N) is 4. The fourth-order valence-corrected chi connectivity index (χ4v) is 4.50. The number of aromatic nitrogens is 2. The highest BCUT2D eigenvalue weighted by atomic mass is 35.5. The molecule has 176 valence electrons. The zero-order chi connectivity index (χ0) is 24.6. The fourth-order valence-electron chi connectivity index (χ4n) is 4.30. The summed E-state index contributed by atoms with van der Waals surface area (Å²) in [6.45, 7) is 2.05. The van der Waals surface area contributed by atoms with Crippen LogP contribution in [-0.4, -0.2) is 22.1 Å². The van der Waals surface area contributed by atoms with Gasteiger partial charge in [0, 0.05) is 17.3 Å². The van der Waals surface area contributed by atoms with E-state index in [1.807, 2.05) is 11.8 Å². The molecule has 2 aromatic carbocycles. The fraction of sp³-hybridized carbons (Fsp3) is 0.304. The third-order valence-corrected chi connectivity index (χ3v) is 6.09. The normalized spacial score (nSPS) is 15.3. The van der Waals surface area contributed by atoms with Gasteiger partial charge < -0.3 is 15.2 Å². The largest absolute Gasteiger partial charge is 0.418 e. The van der Waals surface area contributed by atoms with Gasteiger partial charge in [-0.2, -0.15) is 23.4 Å². The van der Waals surface area contributed by atoms with Crippen molar-refractivity contribution in [3.63, 3.8) is 0 Å². The van der Waals surface area contributed by atoms with E-state index >= 15 is 0 Å². The van der Waals surface area contributed by atoms with Crippen LogP contribution in [0.15, 0.2) is 34.9 Å². The molecule has 7 nitrogen and oxygen atoms in total. The molecule has 0 bridgehead atoms. The summed E-state index contributed by atoms with van der Waals surface area (Å²) >= 11 is 6.21. The SMILES string of the molecule is CCCC1Cc2c(ccc(C#N)c2C(F)(F)F)N1Cc1noc(-c2cc(C(N)=O)ccc2Cl)n1. The Morgan fingerprint density at radius 3 is 2.76 bits per heavy atom. The number of primary amides is 1. The van der Waals surface area contributed by atoms with Crippen molar-refractivity contribution in [3.8, 4) is 17.5 Å². The number of fused-ring (bicyclic) bond motifs is 1. The van der Waals surface area contributed by atoms with Crippen molar-refractivity contribution in [1.82, 2.24) is 10.1 Å². The molecule has 1 unspecified atom stereocenters. The van der Waals surface area contributed by atoms with E-state index in [1.165, 1.54) is 30.3 Å². The average molecular weight is 490 g/mol. The third kappa shape index (κ3) is 4.31. The highest BCUT2D eigenvalue weighted by Crippen LogP contribution is 2.44. The summed E-state index contributed by atoms with van der Waals surface area (Å²) in [7, 11) is 0. The van der Waals surface area contributed by atoms with Gasteiger partial charge in [0.2, 0.25) is 5.91 Å². The van der Waals surface area contributed by atoms with Crippen molar-refractivity contribution < 1.29 is 22.5 Å². The predicted octanol–water partition coefficient (Wildman–Crippen LogP) is 5.11. The van der Waals surface area contributed by atoms with Crippen molar-refractivity contribution in [2.75, 3.05) is 4.90 Å². The molecule has 0 spiro atoms. The second kappa shape index (κ2) is 8.99. The van der Waals surface area contributed by atoms with Gasteiger partial charge in [-0.1, -0.05) is 30.1 Å². The number of hydrogen-bond acceptors (Lipinski definition) is 6. The first kappa shape index (κ1) is 23.6. The Morgan fingerprint density at radius 2 is 2.12 bits per heavy atom. The molecule has 0 saturated carbocycles. The Balaban J connectivity index is 1.71. The molecule has 1 atom stereocenters. The van der Waals surface area contributed by atoms with Crippen LogP contribution in [0.2, 0.25) is 5.02 Å². The number of amides is 1. The molecule has 0 fully saturated rings. The van der Waals surface area contributed by atoms with Gasteiger partial charge in [0.05, 0.1) is 34.3 Å². The van der Waals surface area contributed by atoms with Gasteiger partial charge in [0.25, 0.3) is 5.89 Å². The van der Waals surface area contributed by atoms with Crippen molar-refractivity contribution >= 4 is 23.2 Å². The summed E-state index contributed by atoms with van der Waals surface area (Å²) in [5.41, 5.74) is 5.07. The summed E-state index contributed by atoms with van der Waals surface area (Å²) < 4.78 is 46.8. The minimum atomic E-state index is -4.65. The number of carbonyl (C=O) groups is 1. The van der Waals surface area contributed by atoms with Crippen LogP contribution in [-0.2, 0) is 19.1 Å². The van der Waals surface area contributed by atoms with Gasteiger partial charge in [-0.3, -0.25) is 4.79 Å². The molecule has 1 aromatic heterocycles. The maximum atomic E-state index is 13.8. The van der Waals surface area contributed by atoms with Crippen LogP contribution >= 0.6 is 11.6 Å². The first-order valence-corrected chi connectivity index (χ1v) is 10.8. The number of halogens is 4. The quantitative estimate of drug-likeness (QED) is 0.515. The zero-order valence-electron chi connectivity index (χ0n) is 18.0. The van der Waals surface area contributed by atoms with Crippen LogP contribution in [0, 0.1) is 11.3 Å². The van der Waals surface area contributed by atoms with E-state index in [1.54, 1.807) is 6.07 Å². The molecule has 2 N–H and O–H groups in total. The van der Waals surface area contributed by atoms with Crippen molar-refractivity contribution in [3.05, 3.63) is 63.4 Å². The first-order chi connectivity index (χ1) is 16.1. The number of hydrogen-bond donors (Lipinski definition) is 1. The lowest BCUT2D eigenvalue weighted by molar-refractivity contribution is -0.138. The van der Waals surface area contributed by atoms with E-state index in [9.17, 15) is 23.2 Å². The van der Waals surface area contributed by atoms with Gasteiger partial charge in [-0.15, -0.1) is 0 Å². The number of carbonyl (C=O) groups excluding carboxylic acids is 1. The van der Waals surface area contributed by atoms with E-state index in [-0.39, 0.29) is 46.9 Å². The third-order valence-electron chi connectivity index (χ3n) is 5.77. The summed E-state index contributed by atoms with van der Waals surface area (Å²) in [5.74, 6) is -0.348. The van der Waals surface area contributed by atoms with Crippen LogP contribution in [0.25, 0.3) is 11.5 Å².